The zero-order chi connectivity index (χ0) is 10.7. The van der Waals surface area contributed by atoms with E-state index in [-0.39, 0.29) is 5.56 Å². The van der Waals surface area contributed by atoms with E-state index in [0.717, 1.165) is 6.20 Å². The molecule has 1 aromatic rings. The van der Waals surface area contributed by atoms with E-state index in [1.807, 2.05) is 0 Å². The summed E-state index contributed by atoms with van der Waals surface area (Å²) in [5.74, 6) is 0.309. The average molecular weight is 331 g/mol. The average Bonchev–Trinajstić information content (AvgIpc) is 2.17. The van der Waals surface area contributed by atoms with Gasteiger partial charge in [-0.25, -0.2) is 13.8 Å². The van der Waals surface area contributed by atoms with Crippen molar-refractivity contribution >= 4 is 31.9 Å². The van der Waals surface area contributed by atoms with E-state index in [1.54, 1.807) is 0 Å². The fraction of sp³-hybridized carbons (Fsp3) is 0.375. The van der Waals surface area contributed by atoms with E-state index in [2.05, 4.69) is 36.8 Å². The van der Waals surface area contributed by atoms with Crippen molar-refractivity contribution in [2.24, 2.45) is 0 Å². The molecule has 0 saturated heterocycles. The molecule has 0 radical (unpaired) electrons. The van der Waals surface area contributed by atoms with Gasteiger partial charge in [0.1, 0.15) is 0 Å². The van der Waals surface area contributed by atoms with Crippen molar-refractivity contribution in [3.8, 4) is 5.88 Å². The molecule has 0 aliphatic rings. The van der Waals surface area contributed by atoms with Crippen LogP contribution in [0.4, 0.5) is 8.78 Å². The molecule has 1 aromatic heterocycles. The highest BCUT2D eigenvalue weighted by molar-refractivity contribution is 9.11. The van der Waals surface area contributed by atoms with Gasteiger partial charge in [-0.3, -0.25) is 0 Å². The lowest BCUT2D eigenvalue weighted by Gasteiger charge is -2.10. The SMILES string of the molecule is COc1ncc(C(F)F)c(CBr)c1Br. The molecule has 0 saturated carbocycles. The van der Waals surface area contributed by atoms with Crippen LogP contribution in [0, 0.1) is 0 Å². The highest BCUT2D eigenvalue weighted by Crippen LogP contribution is 2.34. The summed E-state index contributed by atoms with van der Waals surface area (Å²) in [7, 11) is 1.44. The minimum Gasteiger partial charge on any atom is -0.480 e. The van der Waals surface area contributed by atoms with Crippen molar-refractivity contribution in [3.05, 3.63) is 21.8 Å². The van der Waals surface area contributed by atoms with Crippen molar-refractivity contribution in [1.82, 2.24) is 4.98 Å². The topological polar surface area (TPSA) is 22.1 Å². The second-order valence-electron chi connectivity index (χ2n) is 2.45. The van der Waals surface area contributed by atoms with Crippen LogP contribution < -0.4 is 4.74 Å². The molecule has 14 heavy (non-hydrogen) atoms. The third-order valence-electron chi connectivity index (χ3n) is 1.68. The predicted molar refractivity (Wildman–Crippen MR) is 56.1 cm³/mol. The Labute approximate surface area is 96.9 Å². The monoisotopic (exact) mass is 329 g/mol. The molecule has 0 spiro atoms. The minimum atomic E-state index is -2.53. The van der Waals surface area contributed by atoms with Crippen LogP contribution in [-0.4, -0.2) is 12.1 Å². The second-order valence-corrected chi connectivity index (χ2v) is 3.80. The van der Waals surface area contributed by atoms with Gasteiger partial charge in [-0.1, -0.05) is 15.9 Å². The van der Waals surface area contributed by atoms with Gasteiger partial charge in [-0.05, 0) is 21.5 Å². The summed E-state index contributed by atoms with van der Waals surface area (Å²) >= 11 is 6.31. The Balaban J connectivity index is 3.28. The van der Waals surface area contributed by atoms with Crippen LogP contribution in [0.3, 0.4) is 0 Å². The van der Waals surface area contributed by atoms with Crippen LogP contribution in [-0.2, 0) is 5.33 Å². The van der Waals surface area contributed by atoms with Crippen molar-refractivity contribution in [3.63, 3.8) is 0 Å². The number of alkyl halides is 3. The number of halogens is 4. The summed E-state index contributed by atoms with van der Waals surface area (Å²) in [6.45, 7) is 0. The van der Waals surface area contributed by atoms with Gasteiger partial charge < -0.3 is 4.74 Å². The first kappa shape index (κ1) is 11.8. The lowest BCUT2D eigenvalue weighted by atomic mass is 10.2. The molecule has 1 heterocycles. The minimum absolute atomic E-state index is 0.0884. The fourth-order valence-corrected chi connectivity index (χ4v) is 2.60. The molecular formula is C8H7Br2F2NO. The Hall–Kier alpha value is -0.230. The smallest absolute Gasteiger partial charge is 0.265 e. The molecule has 0 aliphatic carbocycles. The molecule has 1 rings (SSSR count). The third kappa shape index (κ3) is 2.23. The molecule has 0 atom stereocenters. The third-order valence-corrected chi connectivity index (χ3v) is 3.06. The molecule has 0 N–H and O–H groups in total. The normalized spacial score (nSPS) is 10.7. The molecule has 78 valence electrons. The maximum atomic E-state index is 12.5. The number of hydrogen-bond acceptors (Lipinski definition) is 2. The molecule has 0 amide bonds. The largest absolute Gasteiger partial charge is 0.480 e. The molecule has 0 fully saturated rings. The van der Waals surface area contributed by atoms with Crippen molar-refractivity contribution in [2.75, 3.05) is 7.11 Å². The Morgan fingerprint density at radius 3 is 2.64 bits per heavy atom. The maximum Gasteiger partial charge on any atom is 0.265 e. The molecule has 0 aliphatic heterocycles. The van der Waals surface area contributed by atoms with E-state index < -0.39 is 6.43 Å². The lowest BCUT2D eigenvalue weighted by molar-refractivity contribution is 0.150. The summed E-state index contributed by atoms with van der Waals surface area (Å²) in [6, 6.07) is 0. The first-order valence-corrected chi connectivity index (χ1v) is 5.58. The Morgan fingerprint density at radius 2 is 2.21 bits per heavy atom. The van der Waals surface area contributed by atoms with Crippen molar-refractivity contribution in [1.29, 1.82) is 0 Å². The Morgan fingerprint density at radius 1 is 1.57 bits per heavy atom. The molecule has 6 heteroatoms. The van der Waals surface area contributed by atoms with E-state index in [9.17, 15) is 8.78 Å². The number of aromatic nitrogens is 1. The number of rotatable bonds is 3. The maximum absolute atomic E-state index is 12.5. The first-order chi connectivity index (χ1) is 6.61. The molecule has 0 unspecified atom stereocenters. The van der Waals surface area contributed by atoms with Gasteiger partial charge in [-0.15, -0.1) is 0 Å². The molecule has 0 aromatic carbocycles. The van der Waals surface area contributed by atoms with Gasteiger partial charge >= 0.3 is 0 Å². The van der Waals surface area contributed by atoms with Crippen LogP contribution in [0.15, 0.2) is 10.7 Å². The predicted octanol–water partition coefficient (Wildman–Crippen LogP) is 3.69. The van der Waals surface area contributed by atoms with Crippen LogP contribution in [0.25, 0.3) is 0 Å². The lowest BCUT2D eigenvalue weighted by Crippen LogP contribution is -1.99. The van der Waals surface area contributed by atoms with Crippen LogP contribution in [0.1, 0.15) is 17.6 Å². The van der Waals surface area contributed by atoms with E-state index in [0.29, 0.717) is 21.2 Å². The van der Waals surface area contributed by atoms with Gasteiger partial charge in [-0.2, -0.15) is 0 Å². The Kier molecular flexibility index (Phi) is 4.25. The van der Waals surface area contributed by atoms with Crippen molar-refractivity contribution in [2.45, 2.75) is 11.8 Å². The van der Waals surface area contributed by atoms with Crippen LogP contribution in [0.2, 0.25) is 0 Å². The standard InChI is InChI=1S/C8H7Br2F2NO/c1-14-8-6(10)4(2-9)5(3-13-8)7(11)12/h3,7H,2H2,1H3. The quantitative estimate of drug-likeness (QED) is 0.789. The van der Waals surface area contributed by atoms with E-state index >= 15 is 0 Å². The summed E-state index contributed by atoms with van der Waals surface area (Å²) in [4.78, 5) is 3.76. The molecular weight excluding hydrogens is 324 g/mol. The summed E-state index contributed by atoms with van der Waals surface area (Å²) in [6.07, 6.45) is -1.40. The highest BCUT2D eigenvalue weighted by atomic mass is 79.9. The number of ether oxygens (including phenoxy) is 1. The second kappa shape index (κ2) is 5.02. The Bertz CT molecular complexity index is 333. The van der Waals surface area contributed by atoms with Crippen LogP contribution >= 0.6 is 31.9 Å². The van der Waals surface area contributed by atoms with E-state index in [1.165, 1.54) is 7.11 Å². The summed E-state index contributed by atoms with van der Waals surface area (Å²) < 4.78 is 30.4. The number of pyridine rings is 1. The van der Waals surface area contributed by atoms with Gasteiger partial charge in [0.2, 0.25) is 5.88 Å². The number of nitrogens with zero attached hydrogens (tertiary/aromatic N) is 1. The number of methoxy groups -OCH3 is 1. The highest BCUT2D eigenvalue weighted by Gasteiger charge is 2.18. The van der Waals surface area contributed by atoms with Crippen molar-refractivity contribution < 1.29 is 13.5 Å². The zero-order valence-electron chi connectivity index (χ0n) is 7.23. The molecule has 0 bridgehead atoms. The summed E-state index contributed by atoms with van der Waals surface area (Å²) in [5, 5.41) is 0.326. The number of hydrogen-bond donors (Lipinski definition) is 0. The summed E-state index contributed by atoms with van der Waals surface area (Å²) in [5.41, 5.74) is 0.376. The van der Waals surface area contributed by atoms with Gasteiger partial charge in [0.05, 0.1) is 11.6 Å². The first-order valence-electron chi connectivity index (χ1n) is 3.67. The van der Waals surface area contributed by atoms with Gasteiger partial charge in [0, 0.05) is 17.1 Å². The fourth-order valence-electron chi connectivity index (χ4n) is 0.985. The van der Waals surface area contributed by atoms with Gasteiger partial charge in [0.25, 0.3) is 6.43 Å². The van der Waals surface area contributed by atoms with E-state index in [4.69, 9.17) is 4.74 Å². The molecule has 2 nitrogen and oxygen atoms in total. The van der Waals surface area contributed by atoms with Gasteiger partial charge in [0.15, 0.2) is 0 Å². The van der Waals surface area contributed by atoms with Crippen LogP contribution in [0.5, 0.6) is 5.88 Å². The zero-order valence-corrected chi connectivity index (χ0v) is 10.4.